The number of nitrogens with zero attached hydrogens (tertiary/aromatic N) is 2. The van der Waals surface area contributed by atoms with Crippen LogP contribution in [0.5, 0.6) is 0 Å². The molecule has 2 aromatic rings. The van der Waals surface area contributed by atoms with Gasteiger partial charge in [0.25, 0.3) is 5.91 Å². The molecule has 0 aliphatic carbocycles. The molecule has 1 fully saturated rings. The molecule has 0 bridgehead atoms. The minimum atomic E-state index is -0.639. The first-order valence-electron chi connectivity index (χ1n) is 10.1. The Bertz CT molecular complexity index is 996. The predicted molar refractivity (Wildman–Crippen MR) is 120 cm³/mol. The number of rotatable bonds is 4. The van der Waals surface area contributed by atoms with Gasteiger partial charge in [0.15, 0.2) is 5.78 Å². The van der Waals surface area contributed by atoms with Gasteiger partial charge in [0.05, 0.1) is 5.56 Å². The summed E-state index contributed by atoms with van der Waals surface area (Å²) in [6.45, 7) is 4.68. The van der Waals surface area contributed by atoms with E-state index < -0.39 is 11.8 Å². The Hall–Kier alpha value is -3.00. The Kier molecular flexibility index (Phi) is 7.22. The highest BCUT2D eigenvalue weighted by molar-refractivity contribution is 9.10. The summed E-state index contributed by atoms with van der Waals surface area (Å²) in [5.41, 5.74) is 1.16. The van der Waals surface area contributed by atoms with Gasteiger partial charge in [-0.25, -0.2) is 0 Å². The molecule has 0 spiro atoms. The van der Waals surface area contributed by atoms with E-state index in [0.29, 0.717) is 29.8 Å². The highest BCUT2D eigenvalue weighted by atomic mass is 79.9. The number of hydrogen-bond acceptors (Lipinski definition) is 4. The topological polar surface area (TPSA) is 86.8 Å². The van der Waals surface area contributed by atoms with E-state index in [0.717, 1.165) is 4.47 Å². The van der Waals surface area contributed by atoms with Crippen LogP contribution in [-0.4, -0.2) is 65.5 Å². The van der Waals surface area contributed by atoms with Gasteiger partial charge in [0, 0.05) is 47.8 Å². The molecule has 0 aromatic heterocycles. The van der Waals surface area contributed by atoms with E-state index in [2.05, 4.69) is 21.2 Å². The van der Waals surface area contributed by atoms with Gasteiger partial charge in [0.1, 0.15) is 0 Å². The summed E-state index contributed by atoms with van der Waals surface area (Å²) in [6, 6.07) is 13.6. The molecular formula is C23H24BrN3O4. The zero-order valence-corrected chi connectivity index (χ0v) is 19.0. The third-order valence-electron chi connectivity index (χ3n) is 4.98. The van der Waals surface area contributed by atoms with Crippen LogP contribution in [0.3, 0.4) is 0 Å². The lowest BCUT2D eigenvalue weighted by Gasteiger charge is -2.34. The van der Waals surface area contributed by atoms with Crippen LogP contribution in [0.25, 0.3) is 0 Å². The van der Waals surface area contributed by atoms with E-state index in [1.165, 1.54) is 4.90 Å². The normalized spacial score (nSPS) is 13.8. The Morgan fingerprint density at radius 2 is 1.39 bits per heavy atom. The number of carbonyl (C=O) groups is 4. The number of amides is 3. The van der Waals surface area contributed by atoms with Crippen LogP contribution in [0.1, 0.15) is 40.1 Å². The van der Waals surface area contributed by atoms with Crippen LogP contribution in [0, 0.1) is 0 Å². The number of ketones is 1. The van der Waals surface area contributed by atoms with Crippen molar-refractivity contribution in [2.45, 2.75) is 19.9 Å². The number of halogens is 1. The molecule has 1 saturated heterocycles. The first kappa shape index (κ1) is 22.7. The van der Waals surface area contributed by atoms with Crippen molar-refractivity contribution in [3.05, 3.63) is 69.7 Å². The maximum absolute atomic E-state index is 13.1. The Labute approximate surface area is 189 Å². The Morgan fingerprint density at radius 3 is 1.97 bits per heavy atom. The second-order valence-corrected chi connectivity index (χ2v) is 8.51. The molecule has 1 heterocycles. The van der Waals surface area contributed by atoms with Gasteiger partial charge < -0.3 is 15.1 Å². The number of hydrogen-bond donors (Lipinski definition) is 1. The smallest absolute Gasteiger partial charge is 0.312 e. The lowest BCUT2D eigenvalue weighted by Crippen LogP contribution is -2.54. The summed E-state index contributed by atoms with van der Waals surface area (Å²) in [6.07, 6.45) is 0. The fraction of sp³-hybridized carbons (Fsp3) is 0.304. The monoisotopic (exact) mass is 485 g/mol. The van der Waals surface area contributed by atoms with Crippen molar-refractivity contribution in [2.75, 3.05) is 26.2 Å². The quantitative estimate of drug-likeness (QED) is 0.532. The summed E-state index contributed by atoms with van der Waals surface area (Å²) < 4.78 is 0.864. The third kappa shape index (κ3) is 5.38. The van der Waals surface area contributed by atoms with E-state index >= 15 is 0 Å². The lowest BCUT2D eigenvalue weighted by molar-refractivity contribution is -0.147. The molecule has 0 saturated carbocycles. The van der Waals surface area contributed by atoms with Crippen LogP contribution in [-0.2, 0) is 9.59 Å². The molecule has 7 nitrogen and oxygen atoms in total. The average molecular weight is 486 g/mol. The molecule has 3 rings (SSSR count). The molecule has 1 aliphatic heterocycles. The molecular weight excluding hydrogens is 462 g/mol. The maximum Gasteiger partial charge on any atom is 0.312 e. The third-order valence-corrected chi connectivity index (χ3v) is 5.51. The lowest BCUT2D eigenvalue weighted by atomic mass is 9.97. The fourth-order valence-corrected chi connectivity index (χ4v) is 3.64. The fourth-order valence-electron chi connectivity index (χ4n) is 3.37. The van der Waals surface area contributed by atoms with E-state index in [9.17, 15) is 19.2 Å². The second kappa shape index (κ2) is 9.87. The molecule has 8 heteroatoms. The predicted octanol–water partition coefficient (Wildman–Crippen LogP) is 2.49. The van der Waals surface area contributed by atoms with Gasteiger partial charge in [-0.05, 0) is 44.2 Å². The standard InChI is InChI=1S/C23H24BrN3O4/c1-15(2)25-21(29)23(31)27-13-11-26(12-14-27)22(30)19-6-4-3-5-18(19)20(28)16-7-9-17(24)10-8-16/h3-10,15H,11-14H2,1-2H3,(H,25,29). The molecule has 162 valence electrons. The van der Waals surface area contributed by atoms with Crippen LogP contribution < -0.4 is 5.32 Å². The molecule has 0 radical (unpaired) electrons. The highest BCUT2D eigenvalue weighted by Gasteiger charge is 2.30. The van der Waals surface area contributed by atoms with Crippen molar-refractivity contribution in [1.29, 1.82) is 0 Å². The number of piperazine rings is 1. The summed E-state index contributed by atoms with van der Waals surface area (Å²) >= 11 is 3.35. The van der Waals surface area contributed by atoms with Gasteiger partial charge in [-0.3, -0.25) is 19.2 Å². The maximum atomic E-state index is 13.1. The van der Waals surface area contributed by atoms with Gasteiger partial charge in [-0.2, -0.15) is 0 Å². The van der Waals surface area contributed by atoms with Gasteiger partial charge in [-0.15, -0.1) is 0 Å². The second-order valence-electron chi connectivity index (χ2n) is 7.59. The Morgan fingerprint density at radius 1 is 0.839 bits per heavy atom. The molecule has 0 unspecified atom stereocenters. The van der Waals surface area contributed by atoms with Crippen molar-refractivity contribution in [2.24, 2.45) is 0 Å². The minimum absolute atomic E-state index is 0.126. The van der Waals surface area contributed by atoms with Crippen molar-refractivity contribution in [3.63, 3.8) is 0 Å². The SMILES string of the molecule is CC(C)NC(=O)C(=O)N1CCN(C(=O)c2ccccc2C(=O)c2ccc(Br)cc2)CC1. The van der Waals surface area contributed by atoms with Crippen molar-refractivity contribution in [3.8, 4) is 0 Å². The van der Waals surface area contributed by atoms with Gasteiger partial charge >= 0.3 is 11.8 Å². The van der Waals surface area contributed by atoms with Crippen LogP contribution in [0.2, 0.25) is 0 Å². The van der Waals surface area contributed by atoms with Crippen LogP contribution >= 0.6 is 15.9 Å². The van der Waals surface area contributed by atoms with Crippen molar-refractivity contribution < 1.29 is 19.2 Å². The van der Waals surface area contributed by atoms with Crippen molar-refractivity contribution in [1.82, 2.24) is 15.1 Å². The molecule has 0 atom stereocenters. The van der Waals surface area contributed by atoms with Crippen LogP contribution in [0.4, 0.5) is 0 Å². The molecule has 1 aliphatic rings. The zero-order valence-electron chi connectivity index (χ0n) is 17.4. The molecule has 31 heavy (non-hydrogen) atoms. The van der Waals surface area contributed by atoms with Gasteiger partial charge in [-0.1, -0.05) is 34.1 Å². The highest BCUT2D eigenvalue weighted by Crippen LogP contribution is 2.19. The first-order chi connectivity index (χ1) is 14.8. The largest absolute Gasteiger partial charge is 0.346 e. The summed E-state index contributed by atoms with van der Waals surface area (Å²) in [5, 5.41) is 2.59. The molecule has 2 aromatic carbocycles. The van der Waals surface area contributed by atoms with Gasteiger partial charge in [0.2, 0.25) is 0 Å². The minimum Gasteiger partial charge on any atom is -0.346 e. The van der Waals surface area contributed by atoms with Crippen molar-refractivity contribution >= 4 is 39.4 Å². The molecule has 1 N–H and O–H groups in total. The van der Waals surface area contributed by atoms with Crippen LogP contribution in [0.15, 0.2) is 53.0 Å². The molecule has 3 amide bonds. The zero-order chi connectivity index (χ0) is 22.5. The van der Waals surface area contributed by atoms with E-state index in [1.807, 2.05) is 0 Å². The van der Waals surface area contributed by atoms with E-state index in [1.54, 1.807) is 67.3 Å². The van der Waals surface area contributed by atoms with E-state index in [-0.39, 0.29) is 30.8 Å². The summed E-state index contributed by atoms with van der Waals surface area (Å²) in [7, 11) is 0. The number of carbonyl (C=O) groups excluding carboxylic acids is 4. The number of benzene rings is 2. The average Bonchev–Trinajstić information content (AvgIpc) is 2.78. The summed E-state index contributed by atoms with van der Waals surface area (Å²) in [4.78, 5) is 53.4. The first-order valence-corrected chi connectivity index (χ1v) is 10.9. The summed E-state index contributed by atoms with van der Waals surface area (Å²) in [5.74, 6) is -1.72. The van der Waals surface area contributed by atoms with E-state index in [4.69, 9.17) is 0 Å². The Balaban J connectivity index is 1.71. The number of nitrogens with one attached hydrogen (secondary N) is 1.